The van der Waals surface area contributed by atoms with Crippen molar-refractivity contribution in [3.8, 4) is 0 Å². The van der Waals surface area contributed by atoms with Crippen molar-refractivity contribution < 1.29 is 9.72 Å². The molecule has 4 rings (SSSR count). The molecule has 0 radical (unpaired) electrons. The molecule has 2 aromatic heterocycles. The standard InChI is InChI=1S/C18H15N7O3S2/c1-23-10-19-21-17(23)29-15-8-7-11(9-13(15)25(27)28)16(26)20-22-18-24(2)12-5-3-4-6-14(12)30-18/h3-10H,1-2H3,(H,20,26)/b22-18+. The van der Waals surface area contributed by atoms with Crippen LogP contribution in [0.4, 0.5) is 5.69 Å². The second-order valence-electron chi connectivity index (χ2n) is 6.23. The van der Waals surface area contributed by atoms with Gasteiger partial charge >= 0.3 is 0 Å². The molecule has 1 N–H and O–H groups in total. The molecule has 0 aliphatic heterocycles. The molecule has 30 heavy (non-hydrogen) atoms. The van der Waals surface area contributed by atoms with E-state index in [-0.39, 0.29) is 11.3 Å². The fraction of sp³-hybridized carbons (Fsp3) is 0.111. The highest BCUT2D eigenvalue weighted by Crippen LogP contribution is 2.34. The van der Waals surface area contributed by atoms with E-state index in [2.05, 4.69) is 20.7 Å². The van der Waals surface area contributed by atoms with Gasteiger partial charge in [0.2, 0.25) is 4.80 Å². The lowest BCUT2D eigenvalue weighted by atomic mass is 10.2. The number of thiazole rings is 1. The lowest BCUT2D eigenvalue weighted by Gasteiger charge is -2.05. The Morgan fingerprint density at radius 3 is 2.77 bits per heavy atom. The minimum atomic E-state index is -0.536. The first-order valence-electron chi connectivity index (χ1n) is 8.63. The fourth-order valence-corrected chi connectivity index (χ4v) is 4.53. The third kappa shape index (κ3) is 3.82. The van der Waals surface area contributed by atoms with Gasteiger partial charge < -0.3 is 9.13 Å². The predicted molar refractivity (Wildman–Crippen MR) is 112 cm³/mol. The minimum Gasteiger partial charge on any atom is -0.318 e. The average molecular weight is 441 g/mol. The van der Waals surface area contributed by atoms with Crippen LogP contribution in [0.15, 0.2) is 63.9 Å². The molecular formula is C18H15N7O3S2. The number of amides is 1. The normalized spacial score (nSPS) is 11.7. The second kappa shape index (κ2) is 8.08. The highest BCUT2D eigenvalue weighted by Gasteiger charge is 2.20. The van der Waals surface area contributed by atoms with Gasteiger partial charge in [0, 0.05) is 25.7 Å². The number of hydrogen-bond donors (Lipinski definition) is 1. The number of benzene rings is 2. The Kier molecular flexibility index (Phi) is 5.33. The van der Waals surface area contributed by atoms with Gasteiger partial charge in [-0.1, -0.05) is 23.5 Å². The smallest absolute Gasteiger partial charge is 0.284 e. The number of aryl methyl sites for hydroxylation is 2. The maximum absolute atomic E-state index is 12.5. The molecule has 0 saturated carbocycles. The molecule has 0 unspecified atom stereocenters. The number of nitrogens with zero attached hydrogens (tertiary/aromatic N) is 6. The van der Waals surface area contributed by atoms with Gasteiger partial charge in [0.05, 0.1) is 20.0 Å². The monoisotopic (exact) mass is 441 g/mol. The molecule has 12 heteroatoms. The van der Waals surface area contributed by atoms with Crippen LogP contribution in [0.3, 0.4) is 0 Å². The summed E-state index contributed by atoms with van der Waals surface area (Å²) >= 11 is 2.53. The highest BCUT2D eigenvalue weighted by molar-refractivity contribution is 7.99. The van der Waals surface area contributed by atoms with Crippen molar-refractivity contribution in [2.75, 3.05) is 0 Å². The van der Waals surface area contributed by atoms with E-state index in [1.165, 1.54) is 35.9 Å². The summed E-state index contributed by atoms with van der Waals surface area (Å²) < 4.78 is 4.55. The van der Waals surface area contributed by atoms with Gasteiger partial charge in [0.15, 0.2) is 5.16 Å². The fourth-order valence-electron chi connectivity index (χ4n) is 2.70. The van der Waals surface area contributed by atoms with Crippen LogP contribution < -0.4 is 10.2 Å². The lowest BCUT2D eigenvalue weighted by Crippen LogP contribution is -2.23. The average Bonchev–Trinajstić information content (AvgIpc) is 3.29. The summed E-state index contributed by atoms with van der Waals surface area (Å²) in [5, 5.41) is 23.9. The van der Waals surface area contributed by atoms with Crippen LogP contribution in [-0.4, -0.2) is 30.2 Å². The number of nitro benzene ring substituents is 1. The number of para-hydroxylation sites is 1. The van der Waals surface area contributed by atoms with Crippen molar-refractivity contribution in [3.63, 3.8) is 0 Å². The van der Waals surface area contributed by atoms with Gasteiger partial charge in [0.25, 0.3) is 11.6 Å². The maximum Gasteiger partial charge on any atom is 0.284 e. The number of aromatic nitrogens is 4. The van der Waals surface area contributed by atoms with Crippen molar-refractivity contribution in [2.24, 2.45) is 19.2 Å². The van der Waals surface area contributed by atoms with Crippen LogP contribution in [0.1, 0.15) is 10.4 Å². The SMILES string of the molecule is Cn1cnnc1Sc1ccc(C(=O)N/N=c2/sc3ccccc3n2C)cc1[N+](=O)[O-]. The predicted octanol–water partition coefficient (Wildman–Crippen LogP) is 2.67. The van der Waals surface area contributed by atoms with E-state index >= 15 is 0 Å². The Morgan fingerprint density at radius 2 is 2.07 bits per heavy atom. The number of fused-ring (bicyclic) bond motifs is 1. The number of carbonyl (C=O) groups excluding carboxylic acids is 1. The molecular weight excluding hydrogens is 426 g/mol. The third-order valence-corrected chi connectivity index (χ3v) is 6.49. The van der Waals surface area contributed by atoms with E-state index in [9.17, 15) is 14.9 Å². The van der Waals surface area contributed by atoms with Crippen molar-refractivity contribution in [2.45, 2.75) is 10.1 Å². The molecule has 10 nitrogen and oxygen atoms in total. The Hall–Kier alpha value is -3.51. The number of nitrogens with one attached hydrogen (secondary N) is 1. The number of rotatable bonds is 5. The Bertz CT molecular complexity index is 1340. The van der Waals surface area contributed by atoms with E-state index in [0.29, 0.717) is 14.9 Å². The van der Waals surface area contributed by atoms with Crippen LogP contribution in [0.25, 0.3) is 10.2 Å². The molecule has 2 heterocycles. The summed E-state index contributed by atoms with van der Waals surface area (Å²) in [5.74, 6) is -0.536. The largest absolute Gasteiger partial charge is 0.318 e. The quantitative estimate of drug-likeness (QED) is 0.375. The zero-order valence-electron chi connectivity index (χ0n) is 15.8. The molecule has 0 fully saturated rings. The van der Waals surface area contributed by atoms with E-state index in [0.717, 1.165) is 22.0 Å². The van der Waals surface area contributed by atoms with E-state index in [1.54, 1.807) is 11.6 Å². The van der Waals surface area contributed by atoms with Crippen molar-refractivity contribution in [1.82, 2.24) is 24.8 Å². The zero-order valence-corrected chi connectivity index (χ0v) is 17.5. The first kappa shape index (κ1) is 19.8. The van der Waals surface area contributed by atoms with Crippen LogP contribution in [0.5, 0.6) is 0 Å². The molecule has 152 valence electrons. The van der Waals surface area contributed by atoms with E-state index in [1.807, 2.05) is 35.9 Å². The molecule has 0 atom stereocenters. The number of hydrogen-bond acceptors (Lipinski definition) is 8. The molecule has 0 spiro atoms. The molecule has 0 aliphatic carbocycles. The Labute approximate surface area is 178 Å². The van der Waals surface area contributed by atoms with Crippen LogP contribution in [0.2, 0.25) is 0 Å². The summed E-state index contributed by atoms with van der Waals surface area (Å²) in [6.45, 7) is 0. The van der Waals surface area contributed by atoms with Crippen molar-refractivity contribution in [3.05, 3.63) is 69.3 Å². The van der Waals surface area contributed by atoms with Crippen LogP contribution >= 0.6 is 23.1 Å². The molecule has 0 saturated heterocycles. The van der Waals surface area contributed by atoms with Gasteiger partial charge in [-0.3, -0.25) is 14.9 Å². The molecule has 0 aliphatic rings. The van der Waals surface area contributed by atoms with Crippen LogP contribution in [-0.2, 0) is 14.1 Å². The topological polar surface area (TPSA) is 120 Å². The molecule has 0 bridgehead atoms. The second-order valence-corrected chi connectivity index (χ2v) is 8.25. The maximum atomic E-state index is 12.5. The van der Waals surface area contributed by atoms with E-state index < -0.39 is 10.8 Å². The summed E-state index contributed by atoms with van der Waals surface area (Å²) in [6, 6.07) is 12.1. The Morgan fingerprint density at radius 1 is 1.27 bits per heavy atom. The van der Waals surface area contributed by atoms with Crippen molar-refractivity contribution in [1.29, 1.82) is 0 Å². The highest BCUT2D eigenvalue weighted by atomic mass is 32.2. The molecule has 2 aromatic carbocycles. The summed E-state index contributed by atoms with van der Waals surface area (Å²) in [5.41, 5.74) is 3.42. The van der Waals surface area contributed by atoms with E-state index in [4.69, 9.17) is 0 Å². The Balaban J connectivity index is 1.61. The van der Waals surface area contributed by atoms with Gasteiger partial charge in [-0.2, -0.15) is 0 Å². The number of nitro groups is 1. The van der Waals surface area contributed by atoms with Crippen molar-refractivity contribution >= 4 is 44.9 Å². The number of carbonyl (C=O) groups is 1. The van der Waals surface area contributed by atoms with Gasteiger partial charge in [-0.25, -0.2) is 5.43 Å². The first-order chi connectivity index (χ1) is 14.4. The summed E-state index contributed by atoms with van der Waals surface area (Å²) in [4.78, 5) is 24.5. The third-order valence-electron chi connectivity index (χ3n) is 4.26. The van der Waals surface area contributed by atoms with Gasteiger partial charge in [0.1, 0.15) is 6.33 Å². The van der Waals surface area contributed by atoms with Gasteiger partial charge in [-0.15, -0.1) is 15.3 Å². The molecule has 4 aromatic rings. The first-order valence-corrected chi connectivity index (χ1v) is 10.3. The summed E-state index contributed by atoms with van der Waals surface area (Å²) in [6.07, 6.45) is 1.51. The lowest BCUT2D eigenvalue weighted by molar-refractivity contribution is -0.387. The minimum absolute atomic E-state index is 0.136. The van der Waals surface area contributed by atoms with Gasteiger partial charge in [-0.05, 0) is 36.0 Å². The summed E-state index contributed by atoms with van der Waals surface area (Å²) in [7, 11) is 3.60. The van der Waals surface area contributed by atoms with Crippen LogP contribution in [0, 0.1) is 10.1 Å². The molecule has 1 amide bonds. The zero-order chi connectivity index (χ0) is 21.3.